The lowest BCUT2D eigenvalue weighted by atomic mass is 10.3. The summed E-state index contributed by atoms with van der Waals surface area (Å²) in [5, 5.41) is 10.7. The summed E-state index contributed by atoms with van der Waals surface area (Å²) in [6.45, 7) is 5.45. The van der Waals surface area contributed by atoms with E-state index in [-0.39, 0.29) is 17.1 Å². The van der Waals surface area contributed by atoms with Crippen LogP contribution in [0.1, 0.15) is 27.2 Å². The van der Waals surface area contributed by atoms with Gasteiger partial charge in [0, 0.05) is 6.92 Å². The largest absolute Gasteiger partial charge is 0.465 e. The van der Waals surface area contributed by atoms with Gasteiger partial charge in [0.1, 0.15) is 10.3 Å². The molecule has 0 spiro atoms. The Bertz CT molecular complexity index is 436. The third-order valence-corrected chi connectivity index (χ3v) is 3.40. The van der Waals surface area contributed by atoms with E-state index in [9.17, 15) is 9.59 Å². The van der Waals surface area contributed by atoms with Crippen LogP contribution in [0.4, 0.5) is 5.82 Å². The SMILES string of the molecule is CCOC(=O)C(CC)Sc1ccc(NC(C)=O)nn1. The molecule has 1 N–H and O–H groups in total. The van der Waals surface area contributed by atoms with Crippen molar-refractivity contribution in [3.05, 3.63) is 12.1 Å². The molecular weight excluding hydrogens is 266 g/mol. The maximum absolute atomic E-state index is 11.6. The van der Waals surface area contributed by atoms with Crippen molar-refractivity contribution >= 4 is 29.5 Å². The summed E-state index contributed by atoms with van der Waals surface area (Å²) >= 11 is 1.30. The smallest absolute Gasteiger partial charge is 0.319 e. The molecule has 6 nitrogen and oxygen atoms in total. The van der Waals surface area contributed by atoms with Gasteiger partial charge < -0.3 is 10.1 Å². The van der Waals surface area contributed by atoms with Gasteiger partial charge in [-0.25, -0.2) is 0 Å². The zero-order valence-corrected chi connectivity index (χ0v) is 12.0. The molecule has 0 aliphatic carbocycles. The third kappa shape index (κ3) is 5.25. The van der Waals surface area contributed by atoms with Crippen LogP contribution in [-0.4, -0.2) is 33.9 Å². The third-order valence-electron chi connectivity index (χ3n) is 2.13. The van der Waals surface area contributed by atoms with E-state index >= 15 is 0 Å². The highest BCUT2D eigenvalue weighted by Crippen LogP contribution is 2.24. The number of carbonyl (C=O) groups excluding carboxylic acids is 2. The number of aromatic nitrogens is 2. The Labute approximate surface area is 116 Å². The molecule has 1 heterocycles. The van der Waals surface area contributed by atoms with Gasteiger partial charge in [-0.15, -0.1) is 10.2 Å². The number of carbonyl (C=O) groups is 2. The van der Waals surface area contributed by atoms with Crippen LogP contribution in [0.3, 0.4) is 0 Å². The van der Waals surface area contributed by atoms with Crippen LogP contribution in [0, 0.1) is 0 Å². The average molecular weight is 283 g/mol. The van der Waals surface area contributed by atoms with Crippen LogP contribution in [0.5, 0.6) is 0 Å². The van der Waals surface area contributed by atoms with Gasteiger partial charge in [0.2, 0.25) is 5.91 Å². The Morgan fingerprint density at radius 2 is 2.11 bits per heavy atom. The number of ether oxygens (including phenoxy) is 1. The van der Waals surface area contributed by atoms with Crippen LogP contribution < -0.4 is 5.32 Å². The number of nitrogens with zero attached hydrogens (tertiary/aromatic N) is 2. The van der Waals surface area contributed by atoms with E-state index in [1.807, 2.05) is 6.92 Å². The number of hydrogen-bond acceptors (Lipinski definition) is 6. The normalized spacial score (nSPS) is 11.7. The molecule has 0 saturated heterocycles. The molecule has 0 fully saturated rings. The van der Waals surface area contributed by atoms with Crippen molar-refractivity contribution in [2.45, 2.75) is 37.5 Å². The minimum absolute atomic E-state index is 0.201. The Balaban J connectivity index is 2.65. The Morgan fingerprint density at radius 3 is 2.58 bits per heavy atom. The number of rotatable bonds is 6. The second kappa shape index (κ2) is 7.73. The molecule has 0 saturated carbocycles. The predicted molar refractivity (Wildman–Crippen MR) is 72.9 cm³/mol. The summed E-state index contributed by atoms with van der Waals surface area (Å²) in [7, 11) is 0. The zero-order chi connectivity index (χ0) is 14.3. The topological polar surface area (TPSA) is 81.2 Å². The Kier molecular flexibility index (Phi) is 6.27. The van der Waals surface area contributed by atoms with Crippen LogP contribution in [0.25, 0.3) is 0 Å². The lowest BCUT2D eigenvalue weighted by molar-refractivity contribution is -0.142. The van der Waals surface area contributed by atoms with E-state index in [1.165, 1.54) is 18.7 Å². The van der Waals surface area contributed by atoms with Crippen molar-refractivity contribution in [1.29, 1.82) is 0 Å². The molecule has 7 heteroatoms. The molecule has 1 aromatic heterocycles. The lowest BCUT2D eigenvalue weighted by Crippen LogP contribution is -2.19. The number of anilines is 1. The highest BCUT2D eigenvalue weighted by atomic mass is 32.2. The van der Waals surface area contributed by atoms with Gasteiger partial charge in [-0.1, -0.05) is 18.7 Å². The molecule has 0 aliphatic rings. The Hall–Kier alpha value is -1.63. The zero-order valence-electron chi connectivity index (χ0n) is 11.2. The van der Waals surface area contributed by atoms with E-state index in [4.69, 9.17) is 4.74 Å². The minimum atomic E-state index is -0.291. The highest BCUT2D eigenvalue weighted by Gasteiger charge is 2.19. The fourth-order valence-electron chi connectivity index (χ4n) is 1.31. The van der Waals surface area contributed by atoms with E-state index in [2.05, 4.69) is 15.5 Å². The maximum atomic E-state index is 11.6. The van der Waals surface area contributed by atoms with Crippen molar-refractivity contribution in [3.63, 3.8) is 0 Å². The van der Waals surface area contributed by atoms with E-state index in [0.29, 0.717) is 23.9 Å². The first-order chi connectivity index (χ1) is 9.06. The number of hydrogen-bond donors (Lipinski definition) is 1. The van der Waals surface area contributed by atoms with Crippen molar-refractivity contribution in [2.24, 2.45) is 0 Å². The van der Waals surface area contributed by atoms with E-state index in [1.54, 1.807) is 19.1 Å². The molecule has 0 aliphatic heterocycles. The molecule has 1 aromatic rings. The van der Waals surface area contributed by atoms with E-state index in [0.717, 1.165) is 0 Å². The fraction of sp³-hybridized carbons (Fsp3) is 0.500. The van der Waals surface area contributed by atoms with Gasteiger partial charge in [0.25, 0.3) is 0 Å². The molecule has 0 radical (unpaired) electrons. The molecule has 1 amide bonds. The number of nitrogens with one attached hydrogen (secondary N) is 1. The van der Waals surface area contributed by atoms with Crippen LogP contribution in [-0.2, 0) is 14.3 Å². The summed E-state index contributed by atoms with van der Waals surface area (Å²) < 4.78 is 4.98. The second-order valence-electron chi connectivity index (χ2n) is 3.70. The second-order valence-corrected chi connectivity index (χ2v) is 4.93. The first-order valence-corrected chi connectivity index (χ1v) is 6.89. The van der Waals surface area contributed by atoms with Gasteiger partial charge in [-0.05, 0) is 25.5 Å². The summed E-state index contributed by atoms with van der Waals surface area (Å²) in [5.74, 6) is -0.0589. The molecular formula is C12H17N3O3S. The summed E-state index contributed by atoms with van der Waals surface area (Å²) in [4.78, 5) is 22.5. The van der Waals surface area contributed by atoms with Gasteiger partial charge >= 0.3 is 5.97 Å². The standard InChI is InChI=1S/C12H17N3O3S/c1-4-9(12(17)18-5-2)19-11-7-6-10(14-15-11)13-8(3)16/h6-7,9H,4-5H2,1-3H3,(H,13,14,16). The van der Waals surface area contributed by atoms with E-state index < -0.39 is 0 Å². The lowest BCUT2D eigenvalue weighted by Gasteiger charge is -2.12. The number of thioether (sulfide) groups is 1. The first-order valence-electron chi connectivity index (χ1n) is 6.01. The fourth-order valence-corrected chi connectivity index (χ4v) is 2.17. The number of amides is 1. The highest BCUT2D eigenvalue weighted by molar-refractivity contribution is 8.00. The molecule has 1 atom stereocenters. The van der Waals surface area contributed by atoms with Crippen LogP contribution >= 0.6 is 11.8 Å². The van der Waals surface area contributed by atoms with Crippen molar-refractivity contribution in [1.82, 2.24) is 10.2 Å². The van der Waals surface area contributed by atoms with Crippen molar-refractivity contribution in [2.75, 3.05) is 11.9 Å². The summed E-state index contributed by atoms with van der Waals surface area (Å²) in [6, 6.07) is 3.36. The predicted octanol–water partition coefficient (Wildman–Crippen LogP) is 1.87. The molecule has 104 valence electrons. The number of esters is 1. The van der Waals surface area contributed by atoms with Crippen LogP contribution in [0.2, 0.25) is 0 Å². The molecule has 1 unspecified atom stereocenters. The minimum Gasteiger partial charge on any atom is -0.465 e. The average Bonchev–Trinajstić information content (AvgIpc) is 2.37. The summed E-state index contributed by atoms with van der Waals surface area (Å²) in [5.41, 5.74) is 0. The maximum Gasteiger partial charge on any atom is 0.319 e. The quantitative estimate of drug-likeness (QED) is 0.634. The van der Waals surface area contributed by atoms with Crippen molar-refractivity contribution in [3.8, 4) is 0 Å². The van der Waals surface area contributed by atoms with Gasteiger partial charge in [-0.2, -0.15) is 0 Å². The monoisotopic (exact) mass is 283 g/mol. The van der Waals surface area contributed by atoms with Gasteiger partial charge in [0.15, 0.2) is 5.82 Å². The molecule has 19 heavy (non-hydrogen) atoms. The first kappa shape index (κ1) is 15.4. The molecule has 1 rings (SSSR count). The van der Waals surface area contributed by atoms with Gasteiger partial charge in [-0.3, -0.25) is 9.59 Å². The Morgan fingerprint density at radius 1 is 1.37 bits per heavy atom. The van der Waals surface area contributed by atoms with Crippen molar-refractivity contribution < 1.29 is 14.3 Å². The molecule has 0 aromatic carbocycles. The summed E-state index contributed by atoms with van der Waals surface area (Å²) in [6.07, 6.45) is 0.651. The molecule has 0 bridgehead atoms. The van der Waals surface area contributed by atoms with Crippen LogP contribution in [0.15, 0.2) is 17.2 Å². The van der Waals surface area contributed by atoms with Gasteiger partial charge in [0.05, 0.1) is 6.61 Å².